The van der Waals surface area contributed by atoms with E-state index in [2.05, 4.69) is 5.32 Å². The zero-order valence-corrected chi connectivity index (χ0v) is 16.3. The summed E-state index contributed by atoms with van der Waals surface area (Å²) in [4.78, 5) is 11.9. The molecule has 2 aromatic rings. The average molecular weight is 375 g/mol. The average Bonchev–Trinajstić information content (AvgIpc) is 2.64. The Labute approximate surface area is 157 Å². The third-order valence-electron chi connectivity index (χ3n) is 3.74. The largest absolute Gasteiger partial charge is 0.453 e. The van der Waals surface area contributed by atoms with E-state index in [0.717, 1.165) is 11.1 Å². The number of hydrogen-bond acceptors (Lipinski definition) is 4. The first-order valence-corrected chi connectivity index (χ1v) is 9.44. The van der Waals surface area contributed by atoms with Gasteiger partial charge in [0, 0.05) is 0 Å². The molecule has 5 nitrogen and oxygen atoms in total. The number of methoxy groups -OCH3 is 1. The molecule has 0 saturated carbocycles. The second-order valence-electron chi connectivity index (χ2n) is 6.80. The molecule has 0 aliphatic rings. The van der Waals surface area contributed by atoms with Crippen LogP contribution in [0.3, 0.4) is 0 Å². The first kappa shape index (κ1) is 20.1. The molecule has 0 spiro atoms. The summed E-state index contributed by atoms with van der Waals surface area (Å²) in [5.41, 5.74) is 1.65. The fourth-order valence-electron chi connectivity index (χ4n) is 2.36. The van der Waals surface area contributed by atoms with Gasteiger partial charge in [0.05, 0.1) is 17.9 Å². The minimum atomic E-state index is -1.57. The van der Waals surface area contributed by atoms with Crippen molar-refractivity contribution in [2.24, 2.45) is 0 Å². The van der Waals surface area contributed by atoms with Crippen LogP contribution in [0.25, 0.3) is 0 Å². The highest BCUT2D eigenvalue weighted by Gasteiger charge is 2.33. The number of alkyl carbamates (subject to hydrolysis) is 1. The minimum Gasteiger partial charge on any atom is -0.453 e. The Kier molecular flexibility index (Phi) is 6.94. The normalized spacial score (nSPS) is 14.9. The first-order chi connectivity index (χ1) is 12.3. The second kappa shape index (κ2) is 8.96. The third-order valence-corrected chi connectivity index (χ3v) is 5.12. The maximum atomic E-state index is 12.7. The molecule has 0 heterocycles. The molecule has 0 saturated heterocycles. The van der Waals surface area contributed by atoms with E-state index >= 15 is 0 Å². The van der Waals surface area contributed by atoms with Gasteiger partial charge >= 0.3 is 6.09 Å². The number of amides is 1. The van der Waals surface area contributed by atoms with E-state index < -0.39 is 34.1 Å². The standard InChI is InChI=1S/C20H25NO4S/c1-20(2,3)26(23)25-18(16-13-9-6-10-14-16)17(21-19(22)24-4)15-11-7-5-8-12-15/h5-14,17-18H,1-4H3,(H,21,22)/t17-,18+,26+/m0/s1. The van der Waals surface area contributed by atoms with Crippen molar-refractivity contribution in [2.45, 2.75) is 37.7 Å². The first-order valence-electron chi connectivity index (χ1n) is 8.36. The highest BCUT2D eigenvalue weighted by molar-refractivity contribution is 7.81. The van der Waals surface area contributed by atoms with Crippen molar-refractivity contribution < 1.29 is 17.9 Å². The smallest absolute Gasteiger partial charge is 0.407 e. The SMILES string of the molecule is COC(=O)N[C@@H](c1ccccc1)[C@H](O[S@@](=O)C(C)(C)C)c1ccccc1. The molecule has 0 aromatic heterocycles. The van der Waals surface area contributed by atoms with Crippen molar-refractivity contribution in [1.82, 2.24) is 5.32 Å². The Hall–Kier alpha value is -2.18. The molecule has 3 atom stereocenters. The maximum absolute atomic E-state index is 12.7. The number of hydrogen-bond donors (Lipinski definition) is 1. The lowest BCUT2D eigenvalue weighted by Crippen LogP contribution is -2.35. The molecule has 0 aliphatic carbocycles. The number of rotatable bonds is 6. The summed E-state index contributed by atoms with van der Waals surface area (Å²) in [7, 11) is 1.31. The summed E-state index contributed by atoms with van der Waals surface area (Å²) >= 11 is -1.57. The van der Waals surface area contributed by atoms with Crippen molar-refractivity contribution in [3.8, 4) is 0 Å². The molecule has 0 bridgehead atoms. The van der Waals surface area contributed by atoms with E-state index in [1.165, 1.54) is 7.11 Å². The molecule has 6 heteroatoms. The topological polar surface area (TPSA) is 64.6 Å². The second-order valence-corrected chi connectivity index (χ2v) is 8.69. The summed E-state index contributed by atoms with van der Waals surface area (Å²) in [5, 5.41) is 2.82. The van der Waals surface area contributed by atoms with Crippen LogP contribution in [0.5, 0.6) is 0 Å². The van der Waals surface area contributed by atoms with Crippen LogP contribution in [0, 0.1) is 0 Å². The van der Waals surface area contributed by atoms with Gasteiger partial charge in [-0.2, -0.15) is 0 Å². The van der Waals surface area contributed by atoms with Gasteiger partial charge < -0.3 is 10.1 Å². The molecule has 1 amide bonds. The number of ether oxygens (including phenoxy) is 1. The quantitative estimate of drug-likeness (QED) is 0.817. The predicted molar refractivity (Wildman–Crippen MR) is 103 cm³/mol. The highest BCUT2D eigenvalue weighted by atomic mass is 32.2. The Balaban J connectivity index is 2.46. The number of carbonyl (C=O) groups excluding carboxylic acids is 1. The molecule has 0 fully saturated rings. The third kappa shape index (κ3) is 5.41. The molecule has 26 heavy (non-hydrogen) atoms. The van der Waals surface area contributed by atoms with Crippen LogP contribution in [0.4, 0.5) is 4.79 Å². The molecule has 0 aliphatic heterocycles. The van der Waals surface area contributed by atoms with E-state index in [4.69, 9.17) is 8.92 Å². The monoisotopic (exact) mass is 375 g/mol. The molecule has 0 unspecified atom stereocenters. The Morgan fingerprint density at radius 1 is 0.962 bits per heavy atom. The van der Waals surface area contributed by atoms with Crippen LogP contribution in [-0.2, 0) is 20.0 Å². The number of carbonyl (C=O) groups is 1. The van der Waals surface area contributed by atoms with Crippen LogP contribution in [-0.4, -0.2) is 22.2 Å². The Morgan fingerprint density at radius 2 is 1.46 bits per heavy atom. The lowest BCUT2D eigenvalue weighted by Gasteiger charge is -2.30. The van der Waals surface area contributed by atoms with Crippen LogP contribution in [0.15, 0.2) is 60.7 Å². The lowest BCUT2D eigenvalue weighted by atomic mass is 9.96. The summed E-state index contributed by atoms with van der Waals surface area (Å²) in [6.07, 6.45) is -1.22. The zero-order chi connectivity index (χ0) is 19.2. The van der Waals surface area contributed by atoms with E-state index in [9.17, 15) is 9.00 Å². The summed E-state index contributed by atoms with van der Waals surface area (Å²) in [6.45, 7) is 5.53. The van der Waals surface area contributed by atoms with Gasteiger partial charge in [0.25, 0.3) is 0 Å². The van der Waals surface area contributed by atoms with Crippen molar-refractivity contribution >= 4 is 17.2 Å². The van der Waals surface area contributed by atoms with Gasteiger partial charge in [-0.3, -0.25) is 4.18 Å². The summed E-state index contributed by atoms with van der Waals surface area (Å²) in [6, 6.07) is 18.3. The zero-order valence-electron chi connectivity index (χ0n) is 15.5. The predicted octanol–water partition coefficient (Wildman–Crippen LogP) is 4.30. The lowest BCUT2D eigenvalue weighted by molar-refractivity contribution is 0.137. The summed E-state index contributed by atoms with van der Waals surface area (Å²) < 4.78 is 22.9. The van der Waals surface area contributed by atoms with Crippen LogP contribution >= 0.6 is 0 Å². The molecule has 140 valence electrons. The molecular formula is C20H25NO4S. The van der Waals surface area contributed by atoms with E-state index in [0.29, 0.717) is 0 Å². The highest BCUT2D eigenvalue weighted by Crippen LogP contribution is 2.34. The van der Waals surface area contributed by atoms with Crippen LogP contribution in [0.2, 0.25) is 0 Å². The van der Waals surface area contributed by atoms with Gasteiger partial charge in [0.2, 0.25) is 0 Å². The maximum Gasteiger partial charge on any atom is 0.407 e. The van der Waals surface area contributed by atoms with Crippen molar-refractivity contribution in [1.29, 1.82) is 0 Å². The van der Waals surface area contributed by atoms with E-state index in [1.54, 1.807) is 0 Å². The minimum absolute atomic E-state index is 0.556. The van der Waals surface area contributed by atoms with Crippen molar-refractivity contribution in [2.75, 3.05) is 7.11 Å². The molecule has 0 radical (unpaired) electrons. The van der Waals surface area contributed by atoms with Crippen LogP contribution < -0.4 is 5.32 Å². The van der Waals surface area contributed by atoms with Crippen molar-refractivity contribution in [3.05, 3.63) is 71.8 Å². The van der Waals surface area contributed by atoms with E-state index in [-0.39, 0.29) is 0 Å². The Bertz CT molecular complexity index is 728. The van der Waals surface area contributed by atoms with Gasteiger partial charge in [0.15, 0.2) is 11.1 Å². The molecule has 1 N–H and O–H groups in total. The van der Waals surface area contributed by atoms with Gasteiger partial charge in [0.1, 0.15) is 6.10 Å². The molecular weight excluding hydrogens is 350 g/mol. The van der Waals surface area contributed by atoms with Gasteiger partial charge in [-0.25, -0.2) is 9.00 Å². The van der Waals surface area contributed by atoms with E-state index in [1.807, 2.05) is 81.4 Å². The van der Waals surface area contributed by atoms with Gasteiger partial charge in [-0.05, 0) is 31.9 Å². The summed E-state index contributed by atoms with van der Waals surface area (Å²) in [5.74, 6) is 0. The number of benzene rings is 2. The molecule has 2 aromatic carbocycles. The van der Waals surface area contributed by atoms with Crippen LogP contribution in [0.1, 0.15) is 44.0 Å². The van der Waals surface area contributed by atoms with Crippen molar-refractivity contribution in [3.63, 3.8) is 0 Å². The van der Waals surface area contributed by atoms with Gasteiger partial charge in [-0.15, -0.1) is 0 Å². The van der Waals surface area contributed by atoms with Gasteiger partial charge in [-0.1, -0.05) is 60.7 Å². The number of nitrogens with one attached hydrogen (secondary N) is 1. The fraction of sp³-hybridized carbons (Fsp3) is 0.350. The Morgan fingerprint density at radius 3 is 1.92 bits per heavy atom. The fourth-order valence-corrected chi connectivity index (χ4v) is 3.06. The molecule has 2 rings (SSSR count).